The van der Waals surface area contributed by atoms with Gasteiger partial charge in [0.05, 0.1) is 10.6 Å². The fourth-order valence-electron chi connectivity index (χ4n) is 5.65. The van der Waals surface area contributed by atoms with Crippen molar-refractivity contribution in [2.24, 2.45) is 0 Å². The maximum atomic E-state index is 13.5. The van der Waals surface area contributed by atoms with Crippen LogP contribution in [-0.2, 0) is 26.2 Å². The molecule has 7 nitrogen and oxygen atoms in total. The Morgan fingerprint density at radius 2 is 1.72 bits per heavy atom. The van der Waals surface area contributed by atoms with Crippen LogP contribution < -0.4 is 9.62 Å². The van der Waals surface area contributed by atoms with Gasteiger partial charge in [-0.3, -0.25) is 13.9 Å². The first kappa shape index (κ1) is 27.5. The highest BCUT2D eigenvalue weighted by Crippen LogP contribution is 2.42. The molecular formula is C30H34ClN3O4S. The van der Waals surface area contributed by atoms with Gasteiger partial charge in [-0.05, 0) is 61.4 Å². The van der Waals surface area contributed by atoms with Crippen molar-refractivity contribution >= 4 is 49.9 Å². The molecule has 0 bridgehead atoms. The molecule has 39 heavy (non-hydrogen) atoms. The van der Waals surface area contributed by atoms with Crippen LogP contribution in [0.25, 0.3) is 10.8 Å². The molecule has 0 radical (unpaired) electrons. The zero-order chi connectivity index (χ0) is 27.6. The fraction of sp³-hybridized carbons (Fsp3) is 0.400. The first-order valence-electron chi connectivity index (χ1n) is 13.6. The van der Waals surface area contributed by atoms with Crippen molar-refractivity contribution < 1.29 is 18.0 Å². The summed E-state index contributed by atoms with van der Waals surface area (Å²) >= 11 is 6.05. The Labute approximate surface area is 235 Å². The van der Waals surface area contributed by atoms with Crippen molar-refractivity contribution in [3.8, 4) is 0 Å². The van der Waals surface area contributed by atoms with Gasteiger partial charge in [0.25, 0.3) is 10.0 Å². The van der Waals surface area contributed by atoms with E-state index in [1.54, 1.807) is 36.1 Å². The van der Waals surface area contributed by atoms with Gasteiger partial charge in [0.1, 0.15) is 6.04 Å². The molecule has 1 atom stereocenters. The molecule has 9 heteroatoms. The molecule has 206 valence electrons. The predicted molar refractivity (Wildman–Crippen MR) is 154 cm³/mol. The summed E-state index contributed by atoms with van der Waals surface area (Å²) in [5.41, 5.74) is 1.52. The molecule has 3 aromatic carbocycles. The molecule has 0 spiro atoms. The quantitative estimate of drug-likeness (QED) is 0.362. The summed E-state index contributed by atoms with van der Waals surface area (Å²) in [5.74, 6) is -0.350. The minimum Gasteiger partial charge on any atom is -0.352 e. The van der Waals surface area contributed by atoms with E-state index in [0.29, 0.717) is 22.0 Å². The van der Waals surface area contributed by atoms with E-state index in [-0.39, 0.29) is 37.4 Å². The molecule has 0 unspecified atom stereocenters. The summed E-state index contributed by atoms with van der Waals surface area (Å²) in [6.07, 6.45) is 5.76. The number of hydrogen-bond donors (Lipinski definition) is 1. The Bertz CT molecular complexity index is 1460. The van der Waals surface area contributed by atoms with Crippen LogP contribution in [0, 0.1) is 0 Å². The molecule has 0 aromatic heterocycles. The Hall–Kier alpha value is -3.10. The molecule has 1 aliphatic heterocycles. The van der Waals surface area contributed by atoms with E-state index in [9.17, 15) is 18.0 Å². The lowest BCUT2D eigenvalue weighted by atomic mass is 9.95. The van der Waals surface area contributed by atoms with E-state index in [0.717, 1.165) is 42.0 Å². The van der Waals surface area contributed by atoms with Crippen LogP contribution in [0.15, 0.2) is 65.6 Å². The highest BCUT2D eigenvalue weighted by atomic mass is 35.5. The van der Waals surface area contributed by atoms with Crippen molar-refractivity contribution in [3.05, 3.63) is 71.2 Å². The second kappa shape index (κ2) is 11.6. The smallest absolute Gasteiger partial charge is 0.265 e. The third-order valence-electron chi connectivity index (χ3n) is 7.82. The number of carbonyl (C=O) groups is 2. The number of carbonyl (C=O) groups excluding carboxylic acids is 2. The van der Waals surface area contributed by atoms with Crippen LogP contribution in [0.5, 0.6) is 0 Å². The van der Waals surface area contributed by atoms with E-state index in [1.165, 1.54) is 10.7 Å². The van der Waals surface area contributed by atoms with Crippen molar-refractivity contribution in [1.29, 1.82) is 0 Å². The van der Waals surface area contributed by atoms with Gasteiger partial charge in [0.2, 0.25) is 11.8 Å². The lowest BCUT2D eigenvalue weighted by Crippen LogP contribution is -2.50. The number of amides is 2. The normalized spacial score (nSPS) is 17.2. The molecule has 5 rings (SSSR count). The SMILES string of the molecule is C[C@H](C(=O)NC1CCCCC1)N(Cc1ccc(Cl)cc1)C(=O)CCCN1c2cccc3cccc(c23)S1(=O)=O. The van der Waals surface area contributed by atoms with Crippen LogP contribution in [0.2, 0.25) is 5.02 Å². The number of hydrogen-bond acceptors (Lipinski definition) is 4. The first-order chi connectivity index (χ1) is 18.8. The van der Waals surface area contributed by atoms with Gasteiger partial charge in [-0.15, -0.1) is 0 Å². The lowest BCUT2D eigenvalue weighted by Gasteiger charge is -2.31. The van der Waals surface area contributed by atoms with Crippen molar-refractivity contribution in [3.63, 3.8) is 0 Å². The van der Waals surface area contributed by atoms with Gasteiger partial charge >= 0.3 is 0 Å². The number of sulfonamides is 1. The summed E-state index contributed by atoms with van der Waals surface area (Å²) in [7, 11) is -3.68. The van der Waals surface area contributed by atoms with Gasteiger partial charge in [-0.1, -0.05) is 67.3 Å². The first-order valence-corrected chi connectivity index (χ1v) is 15.5. The number of benzene rings is 3. The Morgan fingerprint density at radius 3 is 2.44 bits per heavy atom. The van der Waals surface area contributed by atoms with E-state index < -0.39 is 16.1 Å². The van der Waals surface area contributed by atoms with E-state index in [4.69, 9.17) is 11.6 Å². The summed E-state index contributed by atoms with van der Waals surface area (Å²) in [4.78, 5) is 28.6. The number of anilines is 1. The van der Waals surface area contributed by atoms with Gasteiger partial charge < -0.3 is 10.2 Å². The standard InChI is InChI=1S/C30H34ClN3O4S/c1-21(30(36)32-25-10-3-2-4-11-25)33(20-22-15-17-24(31)18-16-22)28(35)14-7-19-34-26-12-5-8-23-9-6-13-27(29(23)26)39(34,37)38/h5-6,8-9,12-13,15-18,21,25H,2-4,7,10-11,14,19-20H2,1H3,(H,32,36)/t21-/m1/s1. The van der Waals surface area contributed by atoms with Gasteiger partial charge in [-0.25, -0.2) is 8.42 Å². The molecular weight excluding hydrogens is 534 g/mol. The fourth-order valence-corrected chi connectivity index (χ4v) is 7.53. The van der Waals surface area contributed by atoms with Crippen molar-refractivity contribution in [2.75, 3.05) is 10.8 Å². The molecule has 3 aromatic rings. The monoisotopic (exact) mass is 567 g/mol. The highest BCUT2D eigenvalue weighted by Gasteiger charge is 2.35. The second-order valence-electron chi connectivity index (χ2n) is 10.5. The second-order valence-corrected chi connectivity index (χ2v) is 12.7. The third-order valence-corrected chi connectivity index (χ3v) is 9.93. The molecule has 0 saturated heterocycles. The molecule has 1 fully saturated rings. The zero-order valence-corrected chi connectivity index (χ0v) is 23.7. The summed E-state index contributed by atoms with van der Waals surface area (Å²) in [6, 6.07) is 17.6. The average molecular weight is 568 g/mol. The molecule has 2 aliphatic rings. The summed E-state index contributed by atoms with van der Waals surface area (Å²) in [6.45, 7) is 2.20. The minimum absolute atomic E-state index is 0.118. The summed E-state index contributed by atoms with van der Waals surface area (Å²) < 4.78 is 28.0. The van der Waals surface area contributed by atoms with E-state index in [1.807, 2.05) is 36.4 Å². The molecule has 1 saturated carbocycles. The van der Waals surface area contributed by atoms with Crippen LogP contribution in [0.4, 0.5) is 5.69 Å². The molecule has 2 amide bonds. The van der Waals surface area contributed by atoms with Crippen LogP contribution >= 0.6 is 11.6 Å². The molecule has 1 N–H and O–H groups in total. The maximum absolute atomic E-state index is 13.5. The summed E-state index contributed by atoms with van der Waals surface area (Å²) in [5, 5.41) is 5.34. The largest absolute Gasteiger partial charge is 0.352 e. The number of nitrogens with zero attached hydrogens (tertiary/aromatic N) is 2. The number of rotatable bonds is 9. The lowest BCUT2D eigenvalue weighted by molar-refractivity contribution is -0.141. The minimum atomic E-state index is -3.68. The highest BCUT2D eigenvalue weighted by molar-refractivity contribution is 7.93. The maximum Gasteiger partial charge on any atom is 0.265 e. The van der Waals surface area contributed by atoms with Crippen molar-refractivity contribution in [1.82, 2.24) is 10.2 Å². The average Bonchev–Trinajstić information content (AvgIpc) is 3.16. The van der Waals surface area contributed by atoms with Crippen molar-refractivity contribution in [2.45, 2.75) is 75.4 Å². The number of halogens is 1. The van der Waals surface area contributed by atoms with Crippen LogP contribution in [-0.4, -0.2) is 43.8 Å². The molecule has 1 aliphatic carbocycles. The third kappa shape index (κ3) is 5.77. The Morgan fingerprint density at radius 1 is 1.03 bits per heavy atom. The predicted octanol–water partition coefficient (Wildman–Crippen LogP) is 5.65. The van der Waals surface area contributed by atoms with E-state index >= 15 is 0 Å². The zero-order valence-electron chi connectivity index (χ0n) is 22.1. The Balaban J connectivity index is 1.29. The van der Waals surface area contributed by atoms with Crippen LogP contribution in [0.1, 0.15) is 57.4 Å². The van der Waals surface area contributed by atoms with Gasteiger partial charge in [0.15, 0.2) is 0 Å². The molecule has 1 heterocycles. The Kier molecular flexibility index (Phi) is 8.14. The van der Waals surface area contributed by atoms with Gasteiger partial charge in [-0.2, -0.15) is 0 Å². The topological polar surface area (TPSA) is 86.8 Å². The number of nitrogens with one attached hydrogen (secondary N) is 1. The van der Waals surface area contributed by atoms with Crippen LogP contribution in [0.3, 0.4) is 0 Å². The van der Waals surface area contributed by atoms with Gasteiger partial charge in [0, 0.05) is 36.0 Å². The van der Waals surface area contributed by atoms with E-state index in [2.05, 4.69) is 5.32 Å².